The predicted octanol–water partition coefficient (Wildman–Crippen LogP) is 7.60. The molecule has 24 heteroatoms. The third-order valence-electron chi connectivity index (χ3n) is 9.62. The van der Waals surface area contributed by atoms with Gasteiger partial charge in [0, 0.05) is 95.1 Å². The fourth-order valence-electron chi connectivity index (χ4n) is 6.50. The summed E-state index contributed by atoms with van der Waals surface area (Å²) in [7, 11) is 4.15. The van der Waals surface area contributed by atoms with Crippen LogP contribution in [0.2, 0.25) is 18.1 Å². The van der Waals surface area contributed by atoms with Crippen LogP contribution in [0.1, 0.15) is 71.1 Å². The molecule has 57 heavy (non-hydrogen) atoms. The van der Waals surface area contributed by atoms with Crippen molar-refractivity contribution in [1.82, 2.24) is 0 Å². The van der Waals surface area contributed by atoms with Crippen molar-refractivity contribution >= 4 is 32.2 Å². The number of carbonyl (C=O) groups is 1. The lowest BCUT2D eigenvalue weighted by atomic mass is 9.72. The number of hydrogen-bond donors (Lipinski definition) is 0. The molecule has 13 nitrogen and oxygen atoms in total. The van der Waals surface area contributed by atoms with Crippen molar-refractivity contribution in [2.24, 2.45) is 5.41 Å². The largest absolute Gasteiger partial charge is 0.500 e. The molecule has 0 heterocycles. The fourth-order valence-corrected chi connectivity index (χ4v) is 11.7. The molecule has 0 fully saturated rings. The van der Waals surface area contributed by atoms with Crippen LogP contribution in [0.25, 0.3) is 0 Å². The molecule has 0 N–H and O–H groups in total. The summed E-state index contributed by atoms with van der Waals surface area (Å²) in [6.45, 7) is -4.28. The van der Waals surface area contributed by atoms with E-state index in [0.29, 0.717) is 56.7 Å². The molecule has 0 amide bonds. The topological polar surface area (TPSA) is 128 Å². The Hall–Kier alpha value is -0.719. The van der Waals surface area contributed by atoms with Gasteiger partial charge in [-0.2, -0.15) is 17.6 Å². The van der Waals surface area contributed by atoms with E-state index < -0.39 is 94.3 Å². The zero-order valence-corrected chi connectivity index (χ0v) is 37.9. The average molecular weight is 905 g/mol. The molecule has 0 unspecified atom stereocenters. The van der Waals surface area contributed by atoms with Crippen molar-refractivity contribution in [1.29, 1.82) is 0 Å². The van der Waals surface area contributed by atoms with Gasteiger partial charge in [0.15, 0.2) is 0 Å². The highest BCUT2D eigenvalue weighted by Crippen LogP contribution is 2.44. The van der Waals surface area contributed by atoms with E-state index in [1.807, 2.05) is 0 Å². The van der Waals surface area contributed by atoms with E-state index in [2.05, 4.69) is 14.2 Å². The SMILES string of the molecule is CCOCC(F)(F)CC(F)(F)OC(F)(F)COCC(F)(F)CC(=O)CCC(CCC[Si](OC)(OC)OC)(CCC[Si](OC)(OC)OC)CCC[Si](OC)(OC)OC. The Morgan fingerprint density at radius 1 is 0.491 bits per heavy atom. The highest BCUT2D eigenvalue weighted by atomic mass is 28.4. The van der Waals surface area contributed by atoms with Gasteiger partial charge in [0.25, 0.3) is 11.8 Å². The fraction of sp³-hybridized carbons (Fsp3) is 0.970. The van der Waals surface area contributed by atoms with Crippen molar-refractivity contribution in [3.8, 4) is 0 Å². The molecule has 0 aromatic carbocycles. The number of hydrogen-bond acceptors (Lipinski definition) is 13. The van der Waals surface area contributed by atoms with Gasteiger partial charge in [-0.1, -0.05) is 0 Å². The standard InChI is InChI=1S/C33H64F8O13Si3/c1-11-52-26-31(36,37)24-32(38,39)54-33(40,41)27-53-25-30(34,35)23-28(42)15-19-29(16-12-20-55(43-2,44-3)45-4,17-13-21-56(46-5,47-6)48-7)18-14-22-57(49-8,50-9)51-10/h11-27H2,1-10H3. The summed E-state index contributed by atoms with van der Waals surface area (Å²) in [5.74, 6) is -9.14. The lowest BCUT2D eigenvalue weighted by Gasteiger charge is -2.37. The lowest BCUT2D eigenvalue weighted by Crippen LogP contribution is -2.43. The van der Waals surface area contributed by atoms with Gasteiger partial charge in [-0.25, -0.2) is 17.6 Å². The maximum Gasteiger partial charge on any atom is 0.500 e. The molecule has 0 aromatic heterocycles. The van der Waals surface area contributed by atoms with E-state index >= 15 is 0 Å². The second kappa shape index (κ2) is 25.9. The minimum absolute atomic E-state index is 0.127. The zero-order valence-electron chi connectivity index (χ0n) is 34.9. The molecule has 0 rings (SSSR count). The maximum absolute atomic E-state index is 14.9. The van der Waals surface area contributed by atoms with Gasteiger partial charge in [-0.3, -0.25) is 9.53 Å². The van der Waals surface area contributed by atoms with Gasteiger partial charge in [0.1, 0.15) is 32.0 Å². The van der Waals surface area contributed by atoms with Crippen LogP contribution in [0.3, 0.4) is 0 Å². The summed E-state index contributed by atoms with van der Waals surface area (Å²) >= 11 is 0. The Bertz CT molecular complexity index is 1020. The Labute approximate surface area is 335 Å². The van der Waals surface area contributed by atoms with E-state index in [1.165, 1.54) is 70.9 Å². The summed E-state index contributed by atoms with van der Waals surface area (Å²) < 4.78 is 175. The smallest absolute Gasteiger partial charge is 0.377 e. The molecule has 0 aromatic rings. The molecule has 0 saturated heterocycles. The highest BCUT2D eigenvalue weighted by Gasteiger charge is 2.51. The first-order valence-corrected chi connectivity index (χ1v) is 24.1. The minimum atomic E-state index is -5.06. The minimum Gasteiger partial charge on any atom is -0.377 e. The molecule has 0 aliphatic heterocycles. The van der Waals surface area contributed by atoms with Crippen LogP contribution < -0.4 is 0 Å². The first kappa shape index (κ1) is 56.3. The molecule has 0 spiro atoms. The molecule has 0 radical (unpaired) electrons. The van der Waals surface area contributed by atoms with Gasteiger partial charge < -0.3 is 49.3 Å². The van der Waals surface area contributed by atoms with E-state index in [1.54, 1.807) is 0 Å². The van der Waals surface area contributed by atoms with E-state index in [9.17, 15) is 39.9 Å². The van der Waals surface area contributed by atoms with Gasteiger partial charge in [-0.15, -0.1) is 0 Å². The first-order valence-electron chi connectivity index (χ1n) is 18.3. The van der Waals surface area contributed by atoms with Crippen LogP contribution in [0.15, 0.2) is 0 Å². The normalized spacial score (nSPS) is 14.1. The van der Waals surface area contributed by atoms with Crippen LogP contribution in [-0.4, -0.2) is 147 Å². The van der Waals surface area contributed by atoms with Crippen LogP contribution in [0, 0.1) is 5.41 Å². The maximum atomic E-state index is 14.9. The quantitative estimate of drug-likeness (QED) is 0.0449. The monoisotopic (exact) mass is 904 g/mol. The van der Waals surface area contributed by atoms with Gasteiger partial charge in [0.05, 0.1) is 6.42 Å². The first-order chi connectivity index (χ1) is 26.5. The second-order valence-corrected chi connectivity index (χ2v) is 22.8. The van der Waals surface area contributed by atoms with Crippen LogP contribution in [-0.2, 0) is 58.8 Å². The molecule has 342 valence electrons. The van der Waals surface area contributed by atoms with Crippen molar-refractivity contribution in [2.75, 3.05) is 90.4 Å². The molecular formula is C33H64F8O13Si3. The van der Waals surface area contributed by atoms with E-state index in [0.717, 1.165) is 0 Å². The molecule has 0 aliphatic rings. The molecule has 0 saturated carbocycles. The Morgan fingerprint density at radius 2 is 0.860 bits per heavy atom. The van der Waals surface area contributed by atoms with Crippen LogP contribution in [0.5, 0.6) is 0 Å². The van der Waals surface area contributed by atoms with Crippen LogP contribution in [0.4, 0.5) is 35.1 Å². The number of ketones is 1. The predicted molar refractivity (Wildman–Crippen MR) is 197 cm³/mol. The zero-order chi connectivity index (χ0) is 44.1. The van der Waals surface area contributed by atoms with Crippen molar-refractivity contribution in [2.45, 2.75) is 113 Å². The number of halogens is 8. The summed E-state index contributed by atoms with van der Waals surface area (Å²) in [5.41, 5.74) is -0.661. The average Bonchev–Trinajstić information content (AvgIpc) is 3.14. The molecule has 0 atom stereocenters. The van der Waals surface area contributed by atoms with Gasteiger partial charge in [0.2, 0.25) is 0 Å². The number of ether oxygens (including phenoxy) is 3. The third kappa shape index (κ3) is 21.1. The number of rotatable bonds is 37. The van der Waals surface area contributed by atoms with Crippen LogP contribution >= 0.6 is 0 Å². The third-order valence-corrected chi connectivity index (χ3v) is 18.1. The molecular weight excluding hydrogens is 841 g/mol. The summed E-state index contributed by atoms with van der Waals surface area (Å²) in [6, 6.07) is 1.20. The number of carbonyl (C=O) groups excluding carboxylic acids is 1. The highest BCUT2D eigenvalue weighted by molar-refractivity contribution is 6.61. The number of alkyl halides is 8. The van der Waals surface area contributed by atoms with Gasteiger partial charge >= 0.3 is 38.6 Å². The summed E-state index contributed by atoms with van der Waals surface area (Å²) in [4.78, 5) is 13.1. The number of Topliss-reactive ketones (excluding diaryl/α,β-unsaturated/α-hetero) is 1. The second-order valence-electron chi connectivity index (χ2n) is 13.6. The molecule has 0 bridgehead atoms. The Morgan fingerprint density at radius 3 is 1.21 bits per heavy atom. The lowest BCUT2D eigenvalue weighted by molar-refractivity contribution is -0.397. The Kier molecular flexibility index (Phi) is 25.6. The summed E-state index contributed by atoms with van der Waals surface area (Å²) in [6.07, 6.45) is -11.1. The molecule has 0 aliphatic carbocycles. The van der Waals surface area contributed by atoms with E-state index in [-0.39, 0.29) is 19.4 Å². The van der Waals surface area contributed by atoms with Crippen molar-refractivity contribution < 1.29 is 94.0 Å². The summed E-state index contributed by atoms with van der Waals surface area (Å²) in [5, 5.41) is 0. The van der Waals surface area contributed by atoms with Crippen molar-refractivity contribution in [3.63, 3.8) is 0 Å². The van der Waals surface area contributed by atoms with Gasteiger partial charge in [-0.05, 0) is 57.3 Å². The van der Waals surface area contributed by atoms with E-state index in [4.69, 9.17) is 39.8 Å². The van der Waals surface area contributed by atoms with Crippen molar-refractivity contribution in [3.05, 3.63) is 0 Å². The Balaban J connectivity index is 6.08.